The summed E-state index contributed by atoms with van der Waals surface area (Å²) in [6, 6.07) is 8.75. The van der Waals surface area contributed by atoms with Crippen molar-refractivity contribution in [3.8, 4) is 0 Å². The zero-order chi connectivity index (χ0) is 12.7. The molecule has 1 rings (SSSR count). The average Bonchev–Trinajstić information content (AvgIpc) is 2.30. The first-order chi connectivity index (χ1) is 8.13. The Morgan fingerprint density at radius 3 is 2.53 bits per heavy atom. The van der Waals surface area contributed by atoms with Gasteiger partial charge < -0.3 is 10.6 Å². The second-order valence-electron chi connectivity index (χ2n) is 4.29. The maximum absolute atomic E-state index is 11.3. The number of nitrogens with one attached hydrogen (secondary N) is 2. The fourth-order valence-corrected chi connectivity index (χ4v) is 1.66. The Morgan fingerprint density at radius 2 is 1.94 bits per heavy atom. The van der Waals surface area contributed by atoms with Crippen molar-refractivity contribution in [1.29, 1.82) is 0 Å². The van der Waals surface area contributed by atoms with Crippen LogP contribution in [0.25, 0.3) is 0 Å². The lowest BCUT2D eigenvalue weighted by Crippen LogP contribution is -2.28. The Labute approximate surface area is 104 Å². The lowest BCUT2D eigenvalue weighted by atomic mass is 10.1. The first-order valence-corrected chi connectivity index (χ1v) is 6.20. The largest absolute Gasteiger partial charge is 0.356 e. The van der Waals surface area contributed by atoms with E-state index in [1.165, 1.54) is 11.1 Å². The summed E-state index contributed by atoms with van der Waals surface area (Å²) in [6.07, 6.45) is 0.532. The molecule has 1 aromatic carbocycles. The van der Waals surface area contributed by atoms with E-state index in [1.54, 1.807) is 0 Å². The van der Waals surface area contributed by atoms with Gasteiger partial charge in [0.2, 0.25) is 5.91 Å². The molecule has 0 unspecified atom stereocenters. The number of amides is 1. The van der Waals surface area contributed by atoms with Crippen LogP contribution in [0, 0.1) is 6.92 Å². The summed E-state index contributed by atoms with van der Waals surface area (Å²) in [4.78, 5) is 11.3. The molecule has 0 aliphatic rings. The van der Waals surface area contributed by atoms with Crippen LogP contribution < -0.4 is 10.6 Å². The third kappa shape index (κ3) is 5.00. The average molecular weight is 234 g/mol. The monoisotopic (exact) mass is 234 g/mol. The maximum atomic E-state index is 11.3. The second kappa shape index (κ2) is 7.07. The Balaban J connectivity index is 2.32. The van der Waals surface area contributed by atoms with Crippen molar-refractivity contribution in [2.75, 3.05) is 13.1 Å². The molecular weight excluding hydrogens is 212 g/mol. The molecule has 0 aliphatic carbocycles. The quantitative estimate of drug-likeness (QED) is 0.792. The Kier molecular flexibility index (Phi) is 5.70. The lowest BCUT2D eigenvalue weighted by Gasteiger charge is -2.14. The topological polar surface area (TPSA) is 41.1 Å². The number of aryl methyl sites for hydroxylation is 1. The highest BCUT2D eigenvalue weighted by molar-refractivity contribution is 5.75. The highest BCUT2D eigenvalue weighted by Gasteiger charge is 2.05. The fraction of sp³-hybridized carbons (Fsp3) is 0.500. The summed E-state index contributed by atoms with van der Waals surface area (Å²) in [6.45, 7) is 7.53. The molecule has 0 spiro atoms. The molecule has 0 fully saturated rings. The lowest BCUT2D eigenvalue weighted by molar-refractivity contribution is -0.120. The molecule has 0 bridgehead atoms. The van der Waals surface area contributed by atoms with Gasteiger partial charge in [-0.1, -0.05) is 29.8 Å². The van der Waals surface area contributed by atoms with E-state index >= 15 is 0 Å². The number of hydrogen-bond donors (Lipinski definition) is 2. The van der Waals surface area contributed by atoms with Gasteiger partial charge in [-0.3, -0.25) is 4.79 Å². The Hall–Kier alpha value is -1.35. The van der Waals surface area contributed by atoms with Gasteiger partial charge in [0.1, 0.15) is 0 Å². The van der Waals surface area contributed by atoms with Gasteiger partial charge in [0, 0.05) is 25.6 Å². The van der Waals surface area contributed by atoms with Crippen molar-refractivity contribution < 1.29 is 4.79 Å². The van der Waals surface area contributed by atoms with Crippen molar-refractivity contribution in [2.45, 2.75) is 33.2 Å². The van der Waals surface area contributed by atoms with Crippen molar-refractivity contribution >= 4 is 5.91 Å². The number of benzene rings is 1. The minimum absolute atomic E-state index is 0.108. The summed E-state index contributed by atoms with van der Waals surface area (Å²) in [5.41, 5.74) is 2.52. The predicted molar refractivity (Wildman–Crippen MR) is 70.9 cm³/mol. The molecule has 1 amide bonds. The number of carbonyl (C=O) groups is 1. The molecule has 17 heavy (non-hydrogen) atoms. The van der Waals surface area contributed by atoms with E-state index in [4.69, 9.17) is 0 Å². The Bertz CT molecular complexity index is 346. The van der Waals surface area contributed by atoms with Gasteiger partial charge in [-0.15, -0.1) is 0 Å². The third-order valence-corrected chi connectivity index (χ3v) is 2.75. The molecule has 0 aliphatic heterocycles. The van der Waals surface area contributed by atoms with E-state index in [1.807, 2.05) is 6.92 Å². The minimum Gasteiger partial charge on any atom is -0.356 e. The van der Waals surface area contributed by atoms with Crippen molar-refractivity contribution in [3.05, 3.63) is 35.4 Å². The van der Waals surface area contributed by atoms with Gasteiger partial charge in [-0.05, 0) is 26.3 Å². The predicted octanol–water partition coefficient (Wildman–Crippen LogP) is 2.17. The summed E-state index contributed by atoms with van der Waals surface area (Å²) < 4.78 is 0. The van der Waals surface area contributed by atoms with Gasteiger partial charge >= 0.3 is 0 Å². The van der Waals surface area contributed by atoms with E-state index < -0.39 is 0 Å². The van der Waals surface area contributed by atoms with Crippen molar-refractivity contribution in [2.24, 2.45) is 0 Å². The summed E-state index contributed by atoms with van der Waals surface area (Å²) in [5, 5.41) is 6.13. The molecule has 94 valence electrons. The van der Waals surface area contributed by atoms with Gasteiger partial charge in [0.25, 0.3) is 0 Å². The van der Waals surface area contributed by atoms with Crippen LogP contribution in [0.1, 0.15) is 37.4 Å². The minimum atomic E-state index is 0.108. The summed E-state index contributed by atoms with van der Waals surface area (Å²) in [5.74, 6) is 0.108. The molecular formula is C14H22N2O. The third-order valence-electron chi connectivity index (χ3n) is 2.75. The number of hydrogen-bond acceptors (Lipinski definition) is 2. The van der Waals surface area contributed by atoms with Crippen molar-refractivity contribution in [1.82, 2.24) is 10.6 Å². The van der Waals surface area contributed by atoms with Gasteiger partial charge in [-0.2, -0.15) is 0 Å². The zero-order valence-corrected chi connectivity index (χ0v) is 10.9. The molecule has 0 aromatic heterocycles. The van der Waals surface area contributed by atoms with Crippen LogP contribution in [0.4, 0.5) is 0 Å². The maximum Gasteiger partial charge on any atom is 0.221 e. The van der Waals surface area contributed by atoms with Crippen LogP contribution in [0.2, 0.25) is 0 Å². The fourth-order valence-electron chi connectivity index (χ4n) is 1.66. The number of rotatable bonds is 6. The summed E-state index contributed by atoms with van der Waals surface area (Å²) >= 11 is 0. The summed E-state index contributed by atoms with van der Waals surface area (Å²) in [7, 11) is 0. The van der Waals surface area contributed by atoms with Gasteiger partial charge in [0.15, 0.2) is 0 Å². The van der Waals surface area contributed by atoms with Crippen LogP contribution >= 0.6 is 0 Å². The molecule has 0 saturated heterocycles. The highest BCUT2D eigenvalue weighted by Crippen LogP contribution is 2.12. The Morgan fingerprint density at radius 1 is 1.29 bits per heavy atom. The van der Waals surface area contributed by atoms with E-state index in [0.29, 0.717) is 19.5 Å². The normalized spacial score (nSPS) is 12.2. The number of carbonyl (C=O) groups excluding carboxylic acids is 1. The second-order valence-corrected chi connectivity index (χ2v) is 4.29. The smallest absolute Gasteiger partial charge is 0.221 e. The SMILES string of the molecule is CCNC(=O)CCN[C@@H](C)c1ccc(C)cc1. The first kappa shape index (κ1) is 13.7. The van der Waals surface area contributed by atoms with Gasteiger partial charge in [-0.25, -0.2) is 0 Å². The van der Waals surface area contributed by atoms with E-state index in [0.717, 1.165) is 0 Å². The molecule has 2 N–H and O–H groups in total. The van der Waals surface area contributed by atoms with Crippen LogP contribution in [0.15, 0.2) is 24.3 Å². The van der Waals surface area contributed by atoms with Gasteiger partial charge in [0.05, 0.1) is 0 Å². The standard InChI is InChI=1S/C14H22N2O/c1-4-15-14(17)9-10-16-12(3)13-7-5-11(2)6-8-13/h5-8,12,16H,4,9-10H2,1-3H3,(H,15,17)/t12-/m0/s1. The van der Waals surface area contributed by atoms with E-state index in [-0.39, 0.29) is 11.9 Å². The molecule has 1 atom stereocenters. The van der Waals surface area contributed by atoms with E-state index in [2.05, 4.69) is 48.7 Å². The molecule has 3 heteroatoms. The van der Waals surface area contributed by atoms with Crippen LogP contribution in [-0.4, -0.2) is 19.0 Å². The van der Waals surface area contributed by atoms with Crippen LogP contribution in [-0.2, 0) is 4.79 Å². The zero-order valence-electron chi connectivity index (χ0n) is 10.9. The molecule has 0 radical (unpaired) electrons. The van der Waals surface area contributed by atoms with E-state index in [9.17, 15) is 4.79 Å². The van der Waals surface area contributed by atoms with Crippen molar-refractivity contribution in [3.63, 3.8) is 0 Å². The molecule has 3 nitrogen and oxygen atoms in total. The molecule has 0 heterocycles. The first-order valence-electron chi connectivity index (χ1n) is 6.20. The van der Waals surface area contributed by atoms with Crippen LogP contribution in [0.3, 0.4) is 0 Å². The molecule has 0 saturated carbocycles. The highest BCUT2D eigenvalue weighted by atomic mass is 16.1. The van der Waals surface area contributed by atoms with Crippen LogP contribution in [0.5, 0.6) is 0 Å². The molecule has 1 aromatic rings.